The third kappa shape index (κ3) is 4.49. The molecule has 0 aromatic rings. The van der Waals surface area contributed by atoms with E-state index in [9.17, 15) is 5.11 Å². The number of rotatable bonds is 6. The first-order chi connectivity index (χ1) is 7.13. The number of aliphatic hydroxyl groups is 1. The highest BCUT2D eigenvalue weighted by Gasteiger charge is 2.30. The Labute approximate surface area is 93.4 Å². The van der Waals surface area contributed by atoms with Crippen LogP contribution in [0.2, 0.25) is 0 Å². The van der Waals surface area contributed by atoms with Crippen LogP contribution in [0.3, 0.4) is 0 Å². The SMILES string of the molecule is CCOCCN1C[C@@H](O)C[C@H]1CC(C)C. The van der Waals surface area contributed by atoms with Gasteiger partial charge in [0.1, 0.15) is 0 Å². The molecule has 0 radical (unpaired) electrons. The summed E-state index contributed by atoms with van der Waals surface area (Å²) in [4.78, 5) is 2.38. The third-order valence-corrected chi connectivity index (χ3v) is 2.98. The Kier molecular flexibility index (Phi) is 5.58. The predicted molar refractivity (Wildman–Crippen MR) is 61.9 cm³/mol. The molecule has 1 aliphatic rings. The Bertz CT molecular complexity index is 173. The summed E-state index contributed by atoms with van der Waals surface area (Å²) in [6.07, 6.45) is 1.99. The molecule has 0 bridgehead atoms. The third-order valence-electron chi connectivity index (χ3n) is 2.98. The molecule has 1 rings (SSSR count). The number of ether oxygens (including phenoxy) is 1. The molecule has 3 nitrogen and oxygen atoms in total. The van der Waals surface area contributed by atoms with Gasteiger partial charge in [-0.3, -0.25) is 4.90 Å². The van der Waals surface area contributed by atoms with Gasteiger partial charge in [-0.15, -0.1) is 0 Å². The van der Waals surface area contributed by atoms with Crippen LogP contribution in [0.5, 0.6) is 0 Å². The summed E-state index contributed by atoms with van der Waals surface area (Å²) in [6.45, 7) is 9.86. The van der Waals surface area contributed by atoms with E-state index < -0.39 is 0 Å². The van der Waals surface area contributed by atoms with Gasteiger partial charge in [0.15, 0.2) is 0 Å². The molecule has 90 valence electrons. The van der Waals surface area contributed by atoms with Gasteiger partial charge in [0.05, 0.1) is 12.7 Å². The van der Waals surface area contributed by atoms with Gasteiger partial charge in [0, 0.05) is 25.7 Å². The first-order valence-electron chi connectivity index (χ1n) is 6.13. The molecule has 0 unspecified atom stereocenters. The highest BCUT2D eigenvalue weighted by Crippen LogP contribution is 2.23. The van der Waals surface area contributed by atoms with Crippen molar-refractivity contribution in [3.8, 4) is 0 Å². The zero-order valence-electron chi connectivity index (χ0n) is 10.3. The second kappa shape index (κ2) is 6.46. The largest absolute Gasteiger partial charge is 0.392 e. The number of hydrogen-bond donors (Lipinski definition) is 1. The van der Waals surface area contributed by atoms with Crippen LogP contribution in [-0.4, -0.2) is 48.5 Å². The second-order valence-electron chi connectivity index (χ2n) is 4.86. The minimum Gasteiger partial charge on any atom is -0.392 e. The maximum absolute atomic E-state index is 9.66. The average Bonchev–Trinajstić information content (AvgIpc) is 2.46. The number of nitrogens with zero attached hydrogens (tertiary/aromatic N) is 1. The van der Waals surface area contributed by atoms with Crippen molar-refractivity contribution in [2.24, 2.45) is 5.92 Å². The van der Waals surface area contributed by atoms with E-state index in [2.05, 4.69) is 18.7 Å². The Balaban J connectivity index is 2.31. The van der Waals surface area contributed by atoms with Gasteiger partial charge in [-0.2, -0.15) is 0 Å². The zero-order chi connectivity index (χ0) is 11.3. The minimum atomic E-state index is -0.129. The number of likely N-dealkylation sites (tertiary alicyclic amines) is 1. The smallest absolute Gasteiger partial charge is 0.0682 e. The molecular weight excluding hydrogens is 190 g/mol. The van der Waals surface area contributed by atoms with Crippen molar-refractivity contribution < 1.29 is 9.84 Å². The summed E-state index contributed by atoms with van der Waals surface area (Å²) in [5.74, 6) is 0.704. The normalized spacial score (nSPS) is 27.8. The minimum absolute atomic E-state index is 0.129. The summed E-state index contributed by atoms with van der Waals surface area (Å²) >= 11 is 0. The topological polar surface area (TPSA) is 32.7 Å². The molecule has 1 saturated heterocycles. The Hall–Kier alpha value is -0.120. The standard InChI is InChI=1S/C12H25NO2/c1-4-15-6-5-13-9-12(14)8-11(13)7-10(2)3/h10-12,14H,4-9H2,1-3H3/t11-,12+/m1/s1. The average molecular weight is 215 g/mol. The van der Waals surface area contributed by atoms with Crippen molar-refractivity contribution in [3.63, 3.8) is 0 Å². The van der Waals surface area contributed by atoms with Gasteiger partial charge in [0.25, 0.3) is 0 Å². The lowest BCUT2D eigenvalue weighted by Gasteiger charge is -2.25. The quantitative estimate of drug-likeness (QED) is 0.682. The fourth-order valence-electron chi connectivity index (χ4n) is 2.35. The molecule has 0 aromatic heterocycles. The molecule has 15 heavy (non-hydrogen) atoms. The zero-order valence-corrected chi connectivity index (χ0v) is 10.3. The summed E-state index contributed by atoms with van der Waals surface area (Å²) in [7, 11) is 0. The van der Waals surface area contributed by atoms with Crippen molar-refractivity contribution in [1.82, 2.24) is 4.90 Å². The van der Waals surface area contributed by atoms with Crippen LogP contribution in [-0.2, 0) is 4.74 Å². The van der Waals surface area contributed by atoms with Crippen molar-refractivity contribution >= 4 is 0 Å². The molecule has 0 aliphatic carbocycles. The first kappa shape index (κ1) is 12.9. The Morgan fingerprint density at radius 1 is 1.47 bits per heavy atom. The molecule has 1 fully saturated rings. The van der Waals surface area contributed by atoms with Crippen LogP contribution in [0.4, 0.5) is 0 Å². The summed E-state index contributed by atoms with van der Waals surface area (Å²) < 4.78 is 5.36. The van der Waals surface area contributed by atoms with Gasteiger partial charge in [-0.1, -0.05) is 13.8 Å². The lowest BCUT2D eigenvalue weighted by molar-refractivity contribution is 0.0996. The lowest BCUT2D eigenvalue weighted by Crippen LogP contribution is -2.33. The maximum atomic E-state index is 9.66. The lowest BCUT2D eigenvalue weighted by atomic mass is 10.0. The van der Waals surface area contributed by atoms with Crippen LogP contribution in [0.1, 0.15) is 33.6 Å². The van der Waals surface area contributed by atoms with E-state index in [0.29, 0.717) is 12.0 Å². The molecule has 0 aromatic carbocycles. The Morgan fingerprint density at radius 3 is 2.80 bits per heavy atom. The highest BCUT2D eigenvalue weighted by molar-refractivity contribution is 4.85. The predicted octanol–water partition coefficient (Wildman–Crippen LogP) is 1.50. The van der Waals surface area contributed by atoms with Gasteiger partial charge >= 0.3 is 0 Å². The van der Waals surface area contributed by atoms with Crippen LogP contribution in [0.15, 0.2) is 0 Å². The van der Waals surface area contributed by atoms with Crippen molar-refractivity contribution in [2.45, 2.75) is 45.8 Å². The molecule has 1 heterocycles. The molecule has 3 heteroatoms. The van der Waals surface area contributed by atoms with E-state index in [4.69, 9.17) is 4.74 Å². The van der Waals surface area contributed by atoms with Crippen LogP contribution < -0.4 is 0 Å². The van der Waals surface area contributed by atoms with E-state index in [1.165, 1.54) is 6.42 Å². The van der Waals surface area contributed by atoms with Gasteiger partial charge in [-0.25, -0.2) is 0 Å². The van der Waals surface area contributed by atoms with Crippen molar-refractivity contribution in [2.75, 3.05) is 26.3 Å². The first-order valence-corrected chi connectivity index (χ1v) is 6.13. The van der Waals surface area contributed by atoms with Gasteiger partial charge in [-0.05, 0) is 25.7 Å². The molecular formula is C12H25NO2. The van der Waals surface area contributed by atoms with E-state index in [0.717, 1.165) is 32.7 Å². The highest BCUT2D eigenvalue weighted by atomic mass is 16.5. The van der Waals surface area contributed by atoms with Gasteiger partial charge in [0.2, 0.25) is 0 Å². The number of hydrogen-bond acceptors (Lipinski definition) is 3. The summed E-state index contributed by atoms with van der Waals surface area (Å²) in [5.41, 5.74) is 0. The number of β-amino-alcohol motifs (C(OH)–C–C–N with tert-alkyl or cyclic N) is 1. The molecule has 2 atom stereocenters. The van der Waals surface area contributed by atoms with E-state index >= 15 is 0 Å². The summed E-state index contributed by atoms with van der Waals surface area (Å²) in [6, 6.07) is 0.556. The monoisotopic (exact) mass is 215 g/mol. The Morgan fingerprint density at radius 2 is 2.20 bits per heavy atom. The van der Waals surface area contributed by atoms with Crippen molar-refractivity contribution in [1.29, 1.82) is 0 Å². The molecule has 0 amide bonds. The molecule has 0 spiro atoms. The molecule has 1 aliphatic heterocycles. The van der Waals surface area contributed by atoms with Crippen LogP contribution >= 0.6 is 0 Å². The van der Waals surface area contributed by atoms with E-state index in [-0.39, 0.29) is 6.10 Å². The van der Waals surface area contributed by atoms with Crippen molar-refractivity contribution in [3.05, 3.63) is 0 Å². The van der Waals surface area contributed by atoms with Crippen LogP contribution in [0.25, 0.3) is 0 Å². The van der Waals surface area contributed by atoms with E-state index in [1.807, 2.05) is 6.92 Å². The molecule has 1 N–H and O–H groups in total. The molecule has 0 saturated carbocycles. The second-order valence-corrected chi connectivity index (χ2v) is 4.86. The number of aliphatic hydroxyl groups excluding tert-OH is 1. The van der Waals surface area contributed by atoms with E-state index in [1.54, 1.807) is 0 Å². The van der Waals surface area contributed by atoms with Crippen LogP contribution in [0, 0.1) is 5.92 Å². The summed E-state index contributed by atoms with van der Waals surface area (Å²) in [5, 5.41) is 9.66. The fraction of sp³-hybridized carbons (Fsp3) is 1.00. The van der Waals surface area contributed by atoms with Gasteiger partial charge < -0.3 is 9.84 Å². The fourth-order valence-corrected chi connectivity index (χ4v) is 2.35. The maximum Gasteiger partial charge on any atom is 0.0682 e.